The van der Waals surface area contributed by atoms with Crippen molar-refractivity contribution in [3.05, 3.63) is 53.6 Å². The zero-order valence-electron chi connectivity index (χ0n) is 15.5. The molecule has 0 spiro atoms. The Morgan fingerprint density at radius 3 is 2.54 bits per heavy atom. The molecule has 2 aromatic rings. The molecule has 0 saturated heterocycles. The second kappa shape index (κ2) is 8.43. The molecule has 2 aromatic carbocycles. The largest absolute Gasteiger partial charge is 0.454 e. The van der Waals surface area contributed by atoms with E-state index in [0.717, 1.165) is 5.56 Å². The van der Waals surface area contributed by atoms with Crippen LogP contribution in [0.4, 0.5) is 5.69 Å². The van der Waals surface area contributed by atoms with Gasteiger partial charge in [-0.2, -0.15) is 0 Å². The van der Waals surface area contributed by atoms with E-state index in [1.807, 2.05) is 19.1 Å². The highest BCUT2D eigenvalue weighted by Gasteiger charge is 2.20. The van der Waals surface area contributed by atoms with Crippen LogP contribution in [0.25, 0.3) is 0 Å². The average Bonchev–Trinajstić information content (AvgIpc) is 3.15. The third-order valence-corrected chi connectivity index (χ3v) is 4.02. The first-order valence-corrected chi connectivity index (χ1v) is 8.67. The number of fused-ring (bicyclic) bond motifs is 1. The van der Waals surface area contributed by atoms with E-state index < -0.39 is 23.9 Å². The molecular weight excluding hydrogens is 364 g/mol. The number of nitrogens with one attached hydrogen (secondary N) is 2. The quantitative estimate of drug-likeness (QED) is 0.739. The third-order valence-electron chi connectivity index (χ3n) is 4.02. The van der Waals surface area contributed by atoms with E-state index in [-0.39, 0.29) is 13.3 Å². The Labute approximate surface area is 161 Å². The molecule has 0 aromatic heterocycles. The molecule has 8 nitrogen and oxygen atoms in total. The molecule has 1 heterocycles. The normalized spacial score (nSPS) is 12.8. The topological polar surface area (TPSA) is 103 Å². The van der Waals surface area contributed by atoms with Gasteiger partial charge in [-0.3, -0.25) is 14.4 Å². The molecule has 0 bridgehead atoms. The van der Waals surface area contributed by atoms with Crippen LogP contribution >= 0.6 is 0 Å². The fourth-order valence-electron chi connectivity index (χ4n) is 2.47. The number of amides is 2. The number of benzene rings is 2. The smallest absolute Gasteiger partial charge is 0.326 e. The predicted octanol–water partition coefficient (Wildman–Crippen LogP) is 2.02. The van der Waals surface area contributed by atoms with Gasteiger partial charge >= 0.3 is 5.97 Å². The Bertz CT molecular complexity index is 894. The Morgan fingerprint density at radius 1 is 1.07 bits per heavy atom. The fraction of sp³-hybridized carbons (Fsp3) is 0.250. The second-order valence-electron chi connectivity index (χ2n) is 6.24. The Kier molecular flexibility index (Phi) is 5.78. The molecule has 0 radical (unpaired) electrons. The van der Waals surface area contributed by atoms with E-state index >= 15 is 0 Å². The number of carbonyl (C=O) groups is 3. The van der Waals surface area contributed by atoms with Gasteiger partial charge in [-0.25, -0.2) is 0 Å². The van der Waals surface area contributed by atoms with E-state index in [9.17, 15) is 14.4 Å². The highest BCUT2D eigenvalue weighted by molar-refractivity contribution is 5.97. The van der Waals surface area contributed by atoms with Crippen molar-refractivity contribution in [3.63, 3.8) is 0 Å². The maximum atomic E-state index is 12.1. The summed E-state index contributed by atoms with van der Waals surface area (Å²) in [4.78, 5) is 36.2. The van der Waals surface area contributed by atoms with E-state index in [1.165, 1.54) is 13.0 Å². The minimum absolute atomic E-state index is 0.106. The summed E-state index contributed by atoms with van der Waals surface area (Å²) in [5.74, 6) is -0.618. The van der Waals surface area contributed by atoms with Crippen LogP contribution in [0.15, 0.2) is 42.5 Å². The monoisotopic (exact) mass is 384 g/mol. The molecule has 0 fully saturated rings. The summed E-state index contributed by atoms with van der Waals surface area (Å²) in [6.45, 7) is 3.14. The fourth-order valence-corrected chi connectivity index (χ4v) is 2.47. The highest BCUT2D eigenvalue weighted by atomic mass is 16.7. The van der Waals surface area contributed by atoms with Crippen molar-refractivity contribution in [1.82, 2.24) is 5.32 Å². The molecule has 1 aliphatic heterocycles. The molecule has 2 N–H and O–H groups in total. The van der Waals surface area contributed by atoms with Crippen molar-refractivity contribution in [2.24, 2.45) is 0 Å². The van der Waals surface area contributed by atoms with Crippen molar-refractivity contribution in [2.45, 2.75) is 20.0 Å². The van der Waals surface area contributed by atoms with Crippen LogP contribution in [0.3, 0.4) is 0 Å². The zero-order valence-corrected chi connectivity index (χ0v) is 15.5. The van der Waals surface area contributed by atoms with Crippen LogP contribution in [-0.4, -0.2) is 37.2 Å². The number of hydrogen-bond acceptors (Lipinski definition) is 6. The first-order chi connectivity index (χ1) is 13.4. The van der Waals surface area contributed by atoms with Crippen LogP contribution in [-0.2, 0) is 14.3 Å². The van der Waals surface area contributed by atoms with Gasteiger partial charge in [0.05, 0.1) is 0 Å². The molecule has 0 aliphatic carbocycles. The predicted molar refractivity (Wildman–Crippen MR) is 100 cm³/mol. The van der Waals surface area contributed by atoms with Gasteiger partial charge < -0.3 is 24.8 Å². The van der Waals surface area contributed by atoms with Crippen LogP contribution in [0, 0.1) is 6.92 Å². The SMILES string of the molecule is Cc1ccc(NC(=O)[C@H](C)OC(=O)CNC(=O)c2ccc3c(c2)OCO3)cc1. The maximum Gasteiger partial charge on any atom is 0.326 e. The minimum Gasteiger partial charge on any atom is -0.454 e. The summed E-state index contributed by atoms with van der Waals surface area (Å²) in [7, 11) is 0. The second-order valence-corrected chi connectivity index (χ2v) is 6.24. The van der Waals surface area contributed by atoms with Crippen molar-refractivity contribution >= 4 is 23.5 Å². The number of hydrogen-bond donors (Lipinski definition) is 2. The van der Waals surface area contributed by atoms with Gasteiger partial charge in [0.2, 0.25) is 6.79 Å². The molecule has 0 saturated carbocycles. The lowest BCUT2D eigenvalue weighted by Gasteiger charge is -2.14. The van der Waals surface area contributed by atoms with Gasteiger partial charge in [0.25, 0.3) is 11.8 Å². The first kappa shape index (κ1) is 19.2. The number of aryl methyl sites for hydroxylation is 1. The summed E-state index contributed by atoms with van der Waals surface area (Å²) < 4.78 is 15.4. The van der Waals surface area contributed by atoms with E-state index in [1.54, 1.807) is 24.3 Å². The van der Waals surface area contributed by atoms with Crippen LogP contribution in [0.1, 0.15) is 22.8 Å². The standard InChI is InChI=1S/C20H20N2O6/c1-12-3-6-15(7-4-12)22-19(24)13(2)28-18(23)10-21-20(25)14-5-8-16-17(9-14)27-11-26-16/h3-9,13H,10-11H2,1-2H3,(H,21,25)(H,22,24)/t13-/m0/s1. The Morgan fingerprint density at radius 2 is 1.79 bits per heavy atom. The summed E-state index contributed by atoms with van der Waals surface area (Å²) in [5, 5.41) is 5.11. The molecule has 3 rings (SSSR count). The number of ether oxygens (including phenoxy) is 3. The third kappa shape index (κ3) is 4.79. The van der Waals surface area contributed by atoms with E-state index in [0.29, 0.717) is 22.7 Å². The number of carbonyl (C=O) groups excluding carboxylic acids is 3. The summed E-state index contributed by atoms with van der Waals surface area (Å²) in [6, 6.07) is 11.9. The zero-order chi connectivity index (χ0) is 20.1. The van der Waals surface area contributed by atoms with Gasteiger partial charge in [-0.15, -0.1) is 0 Å². The van der Waals surface area contributed by atoms with Crippen molar-refractivity contribution in [2.75, 3.05) is 18.7 Å². The van der Waals surface area contributed by atoms with Crippen molar-refractivity contribution in [3.8, 4) is 11.5 Å². The lowest BCUT2D eigenvalue weighted by atomic mass is 10.2. The minimum atomic E-state index is -1.00. The Balaban J connectivity index is 1.46. The van der Waals surface area contributed by atoms with Gasteiger partial charge in [-0.1, -0.05) is 17.7 Å². The molecule has 0 unspecified atom stereocenters. The average molecular weight is 384 g/mol. The molecule has 8 heteroatoms. The van der Waals surface area contributed by atoms with Gasteiger partial charge in [0.1, 0.15) is 6.54 Å². The Hall–Kier alpha value is -3.55. The molecular formula is C20H20N2O6. The summed E-state index contributed by atoms with van der Waals surface area (Å²) >= 11 is 0. The van der Waals surface area contributed by atoms with E-state index in [4.69, 9.17) is 14.2 Å². The molecule has 146 valence electrons. The number of anilines is 1. The molecule has 2 amide bonds. The van der Waals surface area contributed by atoms with E-state index in [2.05, 4.69) is 10.6 Å². The van der Waals surface area contributed by atoms with Gasteiger partial charge in [0, 0.05) is 11.3 Å². The van der Waals surface area contributed by atoms with Gasteiger partial charge in [-0.05, 0) is 44.2 Å². The lowest BCUT2D eigenvalue weighted by molar-refractivity contribution is -0.152. The van der Waals surface area contributed by atoms with Crippen LogP contribution in [0.5, 0.6) is 11.5 Å². The number of rotatable bonds is 6. The van der Waals surface area contributed by atoms with Crippen LogP contribution in [0.2, 0.25) is 0 Å². The molecule has 1 aliphatic rings. The summed E-state index contributed by atoms with van der Waals surface area (Å²) in [5.41, 5.74) is 1.99. The lowest BCUT2D eigenvalue weighted by Crippen LogP contribution is -2.35. The maximum absolute atomic E-state index is 12.1. The highest BCUT2D eigenvalue weighted by Crippen LogP contribution is 2.32. The van der Waals surface area contributed by atoms with Gasteiger partial charge in [0.15, 0.2) is 17.6 Å². The van der Waals surface area contributed by atoms with Crippen LogP contribution < -0.4 is 20.1 Å². The first-order valence-electron chi connectivity index (χ1n) is 8.67. The number of esters is 1. The van der Waals surface area contributed by atoms with Crippen molar-refractivity contribution < 1.29 is 28.6 Å². The molecule has 28 heavy (non-hydrogen) atoms. The van der Waals surface area contributed by atoms with Crippen molar-refractivity contribution in [1.29, 1.82) is 0 Å². The molecule has 1 atom stereocenters. The summed E-state index contributed by atoms with van der Waals surface area (Å²) in [6.07, 6.45) is -1.00.